The van der Waals surface area contributed by atoms with Crippen LogP contribution in [-0.2, 0) is 16.1 Å². The van der Waals surface area contributed by atoms with Gasteiger partial charge in [0.05, 0.1) is 25.7 Å². The molecule has 1 aromatic rings. The Bertz CT molecular complexity index is 612. The zero-order valence-corrected chi connectivity index (χ0v) is 13.2. The Morgan fingerprint density at radius 2 is 2.25 bits per heavy atom. The average Bonchev–Trinajstić information content (AvgIpc) is 3.07. The van der Waals surface area contributed by atoms with Gasteiger partial charge in [-0.05, 0) is 6.07 Å². The number of rotatable bonds is 6. The highest BCUT2D eigenvalue weighted by Gasteiger charge is 2.46. The molecule has 2 heterocycles. The van der Waals surface area contributed by atoms with Crippen molar-refractivity contribution in [1.82, 2.24) is 4.90 Å². The lowest BCUT2D eigenvalue weighted by Gasteiger charge is -2.20. The van der Waals surface area contributed by atoms with Gasteiger partial charge in [-0.15, -0.1) is 0 Å². The van der Waals surface area contributed by atoms with Gasteiger partial charge in [-0.1, -0.05) is 6.07 Å². The highest BCUT2D eigenvalue weighted by Crippen LogP contribution is 2.36. The van der Waals surface area contributed by atoms with E-state index < -0.39 is 18.5 Å². The SMILES string of the molecule is COc1ccc(CN2C[C@@H]3[C@H](C2)OC[C@@H]3C(=O)O)c(OC(F)F)c1. The Hall–Kier alpha value is -1.93. The van der Waals surface area contributed by atoms with E-state index in [1.54, 1.807) is 12.1 Å². The van der Waals surface area contributed by atoms with Crippen LogP contribution >= 0.6 is 0 Å². The van der Waals surface area contributed by atoms with E-state index >= 15 is 0 Å². The number of benzene rings is 1. The van der Waals surface area contributed by atoms with Crippen molar-refractivity contribution < 1.29 is 32.9 Å². The topological polar surface area (TPSA) is 68.2 Å². The largest absolute Gasteiger partial charge is 0.497 e. The van der Waals surface area contributed by atoms with Crippen LogP contribution in [0.4, 0.5) is 8.78 Å². The molecule has 3 atom stereocenters. The molecule has 132 valence electrons. The quantitative estimate of drug-likeness (QED) is 0.850. The molecule has 0 aromatic heterocycles. The molecule has 2 aliphatic heterocycles. The summed E-state index contributed by atoms with van der Waals surface area (Å²) in [6, 6.07) is 4.79. The first-order valence-electron chi connectivity index (χ1n) is 7.66. The molecule has 0 bridgehead atoms. The predicted octanol–water partition coefficient (Wildman–Crippen LogP) is 1.83. The van der Waals surface area contributed by atoms with E-state index in [1.165, 1.54) is 13.2 Å². The maximum atomic E-state index is 12.6. The molecule has 0 saturated carbocycles. The number of alkyl halides is 2. The van der Waals surface area contributed by atoms with Gasteiger partial charge in [-0.2, -0.15) is 8.78 Å². The van der Waals surface area contributed by atoms with Crippen molar-refractivity contribution in [2.24, 2.45) is 11.8 Å². The first-order chi connectivity index (χ1) is 11.5. The van der Waals surface area contributed by atoms with Crippen LogP contribution in [0.1, 0.15) is 5.56 Å². The predicted molar refractivity (Wildman–Crippen MR) is 79.3 cm³/mol. The second-order valence-corrected chi connectivity index (χ2v) is 6.03. The van der Waals surface area contributed by atoms with Gasteiger partial charge in [0, 0.05) is 37.2 Å². The van der Waals surface area contributed by atoms with Gasteiger partial charge >= 0.3 is 12.6 Å². The molecule has 2 saturated heterocycles. The summed E-state index contributed by atoms with van der Waals surface area (Å²) in [7, 11) is 1.45. The smallest absolute Gasteiger partial charge is 0.387 e. The standard InChI is InChI=1S/C16H19F2NO5/c1-22-10-3-2-9(13(4-10)24-16(17)18)5-19-6-11-12(15(20)21)8-23-14(11)7-19/h2-4,11-12,14,16H,5-8H2,1H3,(H,20,21)/t11-,12-,14-/m0/s1. The molecular weight excluding hydrogens is 324 g/mol. The third kappa shape index (κ3) is 3.44. The average molecular weight is 343 g/mol. The molecule has 8 heteroatoms. The molecule has 0 radical (unpaired) electrons. The van der Waals surface area contributed by atoms with Crippen molar-refractivity contribution in [3.63, 3.8) is 0 Å². The van der Waals surface area contributed by atoms with E-state index in [-0.39, 0.29) is 24.4 Å². The van der Waals surface area contributed by atoms with Crippen LogP contribution in [0.3, 0.4) is 0 Å². The minimum absolute atomic E-state index is 0.0668. The number of aliphatic carboxylic acids is 1. The Morgan fingerprint density at radius 1 is 1.46 bits per heavy atom. The number of fused-ring (bicyclic) bond motifs is 1. The molecule has 3 rings (SSSR count). The molecule has 0 spiro atoms. The zero-order chi connectivity index (χ0) is 17.3. The van der Waals surface area contributed by atoms with Crippen LogP contribution in [0.5, 0.6) is 11.5 Å². The fourth-order valence-electron chi connectivity index (χ4n) is 3.42. The Kier molecular flexibility index (Phi) is 4.86. The Morgan fingerprint density at radius 3 is 2.92 bits per heavy atom. The van der Waals surface area contributed by atoms with Gasteiger partial charge in [-0.3, -0.25) is 9.69 Å². The molecule has 24 heavy (non-hydrogen) atoms. The third-order valence-corrected chi connectivity index (χ3v) is 4.59. The molecule has 2 aliphatic rings. The molecular formula is C16H19F2NO5. The number of hydrogen-bond acceptors (Lipinski definition) is 5. The number of likely N-dealkylation sites (tertiary alicyclic amines) is 1. The number of carbonyl (C=O) groups is 1. The highest BCUT2D eigenvalue weighted by molar-refractivity contribution is 5.71. The first-order valence-corrected chi connectivity index (χ1v) is 7.66. The van der Waals surface area contributed by atoms with Crippen LogP contribution in [-0.4, -0.2) is 55.5 Å². The molecule has 2 fully saturated rings. The van der Waals surface area contributed by atoms with Gasteiger partial charge in [0.15, 0.2) is 0 Å². The number of carboxylic acid groups (broad SMARTS) is 1. The number of halogens is 2. The van der Waals surface area contributed by atoms with E-state index in [4.69, 9.17) is 9.47 Å². The molecule has 0 amide bonds. The lowest BCUT2D eigenvalue weighted by molar-refractivity contribution is -0.142. The molecule has 1 aromatic carbocycles. The number of ether oxygens (including phenoxy) is 3. The fourth-order valence-corrected chi connectivity index (χ4v) is 3.42. The van der Waals surface area contributed by atoms with Gasteiger partial charge in [0.25, 0.3) is 0 Å². The summed E-state index contributed by atoms with van der Waals surface area (Å²) in [6.07, 6.45) is -0.121. The summed E-state index contributed by atoms with van der Waals surface area (Å²) >= 11 is 0. The van der Waals surface area contributed by atoms with Crippen LogP contribution in [0.2, 0.25) is 0 Å². The summed E-state index contributed by atoms with van der Waals surface area (Å²) < 4.78 is 40.4. The maximum Gasteiger partial charge on any atom is 0.387 e. The number of carboxylic acids is 1. The van der Waals surface area contributed by atoms with E-state index in [1.807, 2.05) is 4.90 Å². The number of hydrogen-bond donors (Lipinski definition) is 1. The van der Waals surface area contributed by atoms with Gasteiger partial charge in [0.1, 0.15) is 11.5 Å². The van der Waals surface area contributed by atoms with Crippen LogP contribution in [0.15, 0.2) is 18.2 Å². The van der Waals surface area contributed by atoms with Crippen molar-refractivity contribution in [2.45, 2.75) is 19.3 Å². The maximum absolute atomic E-state index is 12.6. The molecule has 1 N–H and O–H groups in total. The normalized spacial score (nSPS) is 26.6. The third-order valence-electron chi connectivity index (χ3n) is 4.59. The fraction of sp³-hybridized carbons (Fsp3) is 0.562. The van der Waals surface area contributed by atoms with Crippen LogP contribution in [0.25, 0.3) is 0 Å². The van der Waals surface area contributed by atoms with E-state index in [0.717, 1.165) is 0 Å². The lowest BCUT2D eigenvalue weighted by Crippen LogP contribution is -2.27. The van der Waals surface area contributed by atoms with Crippen molar-refractivity contribution in [3.8, 4) is 11.5 Å². The minimum atomic E-state index is -2.92. The Balaban J connectivity index is 1.71. The van der Waals surface area contributed by atoms with Crippen LogP contribution in [0, 0.1) is 11.8 Å². The van der Waals surface area contributed by atoms with Crippen molar-refractivity contribution in [1.29, 1.82) is 0 Å². The zero-order valence-electron chi connectivity index (χ0n) is 13.2. The lowest BCUT2D eigenvalue weighted by atomic mass is 9.93. The first kappa shape index (κ1) is 16.9. The summed E-state index contributed by atoms with van der Waals surface area (Å²) in [6.45, 7) is -1.17. The minimum Gasteiger partial charge on any atom is -0.497 e. The van der Waals surface area contributed by atoms with Crippen molar-refractivity contribution in [3.05, 3.63) is 23.8 Å². The van der Waals surface area contributed by atoms with E-state index in [0.29, 0.717) is 30.9 Å². The molecule has 6 nitrogen and oxygen atoms in total. The monoisotopic (exact) mass is 343 g/mol. The van der Waals surface area contributed by atoms with E-state index in [9.17, 15) is 18.7 Å². The summed E-state index contributed by atoms with van der Waals surface area (Å²) in [5.41, 5.74) is 0.600. The second-order valence-electron chi connectivity index (χ2n) is 6.03. The van der Waals surface area contributed by atoms with Gasteiger partial charge in [-0.25, -0.2) is 0 Å². The number of nitrogens with zero attached hydrogens (tertiary/aromatic N) is 1. The summed E-state index contributed by atoms with van der Waals surface area (Å²) in [5.74, 6) is -0.928. The van der Waals surface area contributed by atoms with E-state index in [2.05, 4.69) is 4.74 Å². The van der Waals surface area contributed by atoms with Gasteiger partial charge < -0.3 is 19.3 Å². The second kappa shape index (κ2) is 6.90. The molecule has 0 unspecified atom stereocenters. The number of methoxy groups -OCH3 is 1. The molecule has 0 aliphatic carbocycles. The summed E-state index contributed by atoms with van der Waals surface area (Å²) in [4.78, 5) is 13.2. The van der Waals surface area contributed by atoms with Gasteiger partial charge in [0.2, 0.25) is 0 Å². The van der Waals surface area contributed by atoms with Crippen LogP contribution < -0.4 is 9.47 Å². The summed E-state index contributed by atoms with van der Waals surface area (Å²) in [5, 5.41) is 9.22. The van der Waals surface area contributed by atoms with Crippen molar-refractivity contribution >= 4 is 5.97 Å². The Labute approximate surface area is 137 Å². The van der Waals surface area contributed by atoms with Crippen molar-refractivity contribution in [2.75, 3.05) is 26.8 Å². The highest BCUT2D eigenvalue weighted by atomic mass is 19.3.